The Hall–Kier alpha value is -14.7. The number of fused-ring (bicyclic) bond motifs is 1. The zero-order chi connectivity index (χ0) is 99.9. The number of carboxylic acid groups (broad SMARTS) is 1. The Morgan fingerprint density at radius 2 is 0.839 bits per heavy atom. The first kappa shape index (κ1) is 106. The van der Waals surface area contributed by atoms with Gasteiger partial charge in [0.1, 0.15) is 89.8 Å². The quantitative estimate of drug-likeness (QED) is 0.0388. The second-order valence-electron chi connectivity index (χ2n) is 35.1. The molecule has 37 heteroatoms. The van der Waals surface area contributed by atoms with Crippen molar-refractivity contribution in [2.75, 3.05) is 59.8 Å². The summed E-state index contributed by atoms with van der Waals surface area (Å²) in [5, 5.41) is 66.8. The molecule has 1 aliphatic rings. The van der Waals surface area contributed by atoms with Gasteiger partial charge in [-0.15, -0.1) is 11.8 Å². The van der Waals surface area contributed by atoms with Crippen LogP contribution in [0.25, 0.3) is 10.9 Å². The number of phenolic OH excluding ortho intramolecular Hbond substituents is 3. The number of carbonyl (C=O) groups is 16. The number of likely N-dealkylation sites (N-methyl/N-ethyl adjacent to an activating group) is 5. The lowest BCUT2D eigenvalue weighted by Gasteiger charge is -2.37. The first-order chi connectivity index (χ1) is 65.2. The van der Waals surface area contributed by atoms with Gasteiger partial charge in [0.05, 0.1) is 25.3 Å². The molecular weight excluding hydrogens is 1780 g/mol. The first-order valence-corrected chi connectivity index (χ1v) is 46.5. The number of amides is 15. The minimum Gasteiger partial charge on any atom is -0.508 e. The van der Waals surface area contributed by atoms with Crippen molar-refractivity contribution in [3.63, 3.8) is 0 Å². The van der Waals surface area contributed by atoms with Gasteiger partial charge in [-0.2, -0.15) is 0 Å². The molecule has 12 atom stereocenters. The Bertz CT molecular complexity index is 5520. The van der Waals surface area contributed by atoms with Crippen LogP contribution in [0, 0.1) is 11.8 Å². The van der Waals surface area contributed by atoms with Gasteiger partial charge in [0.25, 0.3) is 0 Å². The van der Waals surface area contributed by atoms with Gasteiger partial charge in [-0.05, 0) is 106 Å². The Labute approximate surface area is 799 Å². The Morgan fingerprint density at radius 3 is 1.34 bits per heavy atom. The molecule has 0 saturated carbocycles. The number of nitrogens with one attached hydrogen (secondary N) is 10. The standard InChI is InChI=1S/C100H124N16O20S/c1-11-12-32-80-98(134)112(6)56-85(121)104-76(53-87(123)124)93(129)111-88(60(4)5)100(136)115(9)82(49-62-26-18-14-19-27-62)95(131)109-78(48-65-35-41-69(118)42-36-65)97(133)114(8)81(50-66-37-43-70(119)44-38-66)94(130)108-75(52-67-54-102-72-31-23-22-30-71(67)72)92(128)107-74(46-64-33-39-68(117)40-34-64)91(127)106-73(45-59(2)3)90(126)110-79(89(125)103-55-84(101)120)57-137-58-86(122)105-77(47-61-24-16-13-17-25-61)96(132)116(10)83(99(135)113(80)7)51-63-28-20-15-21-29-63/h13-31,33-44,54,59-60,73-83,88,102,117-119H,11-12,32,45-53,55-58H2,1-10H3,(H2,101,120)(H,103,125)(H,104,121)(H,105,122)(H,106,127)(H,107,128)(H,108,130)(H,109,131)(H,110,126)(H,111,129)(H,123,124)/t73-,74-,75-,76-,77-,78?,79-,80-,81-,82-,83-,88-/m0/s1. The van der Waals surface area contributed by atoms with E-state index in [0.29, 0.717) is 62.7 Å². The Morgan fingerprint density at radius 1 is 0.431 bits per heavy atom. The molecule has 2 heterocycles. The van der Waals surface area contributed by atoms with E-state index in [1.165, 1.54) is 118 Å². The average molecular weight is 1900 g/mol. The molecular formula is C100H124N16O20S. The zero-order valence-electron chi connectivity index (χ0n) is 78.4. The van der Waals surface area contributed by atoms with E-state index in [1.54, 1.807) is 149 Å². The number of aromatic nitrogens is 1. The summed E-state index contributed by atoms with van der Waals surface area (Å²) in [7, 11) is 6.54. The van der Waals surface area contributed by atoms with Crippen LogP contribution in [0.4, 0.5) is 0 Å². The number of thioether (sulfide) groups is 1. The number of unbranched alkanes of at least 4 members (excludes halogenated alkanes) is 1. The fraction of sp³-hybridized carbons (Fsp3) is 0.400. The third kappa shape index (κ3) is 31.5. The highest BCUT2D eigenvalue weighted by Crippen LogP contribution is 2.26. The van der Waals surface area contributed by atoms with Gasteiger partial charge in [0.2, 0.25) is 88.6 Å². The maximum Gasteiger partial charge on any atom is 0.305 e. The highest BCUT2D eigenvalue weighted by Gasteiger charge is 2.44. The molecule has 0 aliphatic carbocycles. The number of hydrogen-bond acceptors (Lipinski definition) is 20. The number of aromatic amines is 1. The second-order valence-corrected chi connectivity index (χ2v) is 36.2. The van der Waals surface area contributed by atoms with E-state index in [-0.39, 0.29) is 81.0 Å². The number of carbonyl (C=O) groups excluding carboxylic acids is 15. The number of phenols is 3. The summed E-state index contributed by atoms with van der Waals surface area (Å²) < 4.78 is 0. The minimum absolute atomic E-state index is 0.0194. The van der Waals surface area contributed by atoms with E-state index >= 15 is 47.9 Å². The Balaban J connectivity index is 1.16. The summed E-state index contributed by atoms with van der Waals surface area (Å²) in [6, 6.07) is 30.7. The van der Waals surface area contributed by atoms with Crippen LogP contribution in [-0.4, -0.2) is 277 Å². The molecule has 0 spiro atoms. The number of H-pyrrole nitrogens is 1. The van der Waals surface area contributed by atoms with Gasteiger partial charge in [0, 0.05) is 103 Å². The lowest BCUT2D eigenvalue weighted by molar-refractivity contribution is -0.151. The normalized spacial score (nSPS) is 21.8. The van der Waals surface area contributed by atoms with E-state index in [0.717, 1.165) is 26.5 Å². The molecule has 1 aromatic heterocycles. The van der Waals surface area contributed by atoms with Crippen LogP contribution in [0.3, 0.4) is 0 Å². The van der Waals surface area contributed by atoms with Crippen LogP contribution < -0.4 is 53.6 Å². The number of nitrogens with zero attached hydrogens (tertiary/aromatic N) is 5. The van der Waals surface area contributed by atoms with Crippen LogP contribution in [-0.2, 0) is 122 Å². The van der Waals surface area contributed by atoms with Crippen molar-refractivity contribution in [1.82, 2.24) is 77.3 Å². The number of nitrogens with two attached hydrogens (primary N) is 1. The predicted octanol–water partition coefficient (Wildman–Crippen LogP) is 3.64. The van der Waals surface area contributed by atoms with Crippen LogP contribution in [0.1, 0.15) is 106 Å². The van der Waals surface area contributed by atoms with Crippen molar-refractivity contribution in [2.45, 2.75) is 184 Å². The fourth-order valence-corrected chi connectivity index (χ4v) is 16.9. The first-order valence-electron chi connectivity index (χ1n) is 45.3. The number of primary amides is 1. The van der Waals surface area contributed by atoms with Gasteiger partial charge in [-0.25, -0.2) is 0 Å². The second kappa shape index (κ2) is 51.2. The average Bonchev–Trinajstić information content (AvgIpc) is 1.44. The van der Waals surface area contributed by atoms with Crippen molar-refractivity contribution >= 4 is 117 Å². The van der Waals surface area contributed by atoms with E-state index in [9.17, 15) is 49.2 Å². The number of aromatic hydroxyl groups is 3. The lowest BCUT2D eigenvalue weighted by atomic mass is 9.97. The van der Waals surface area contributed by atoms with Gasteiger partial charge < -0.3 is 103 Å². The van der Waals surface area contributed by atoms with Crippen molar-refractivity contribution < 1.29 is 97.1 Å². The number of para-hydroxylation sites is 1. The van der Waals surface area contributed by atoms with Crippen molar-refractivity contribution in [3.8, 4) is 17.2 Å². The Kier molecular flexibility index (Phi) is 39.6. The molecule has 0 radical (unpaired) electrons. The number of benzene rings is 7. The van der Waals surface area contributed by atoms with Crippen molar-refractivity contribution in [3.05, 3.63) is 233 Å². The van der Waals surface area contributed by atoms with E-state index < -0.39 is 204 Å². The van der Waals surface area contributed by atoms with Crippen molar-refractivity contribution in [2.24, 2.45) is 17.6 Å². The molecule has 1 saturated heterocycles. The third-order valence-corrected chi connectivity index (χ3v) is 24.8. The van der Waals surface area contributed by atoms with Crippen molar-refractivity contribution in [1.29, 1.82) is 0 Å². The summed E-state index contributed by atoms with van der Waals surface area (Å²) in [6.07, 6.45) is -0.557. The van der Waals surface area contributed by atoms with Crippen LogP contribution in [0.15, 0.2) is 194 Å². The molecule has 15 amide bonds. The molecule has 1 unspecified atom stereocenters. The number of carboxylic acids is 1. The molecule has 9 rings (SSSR count). The van der Waals surface area contributed by atoms with Gasteiger partial charge in [0.15, 0.2) is 0 Å². The summed E-state index contributed by atoms with van der Waals surface area (Å²) in [6.45, 7) is 6.91. The molecule has 730 valence electrons. The number of rotatable bonds is 25. The highest BCUT2D eigenvalue weighted by atomic mass is 32.2. The molecule has 8 aromatic rings. The SMILES string of the molecule is CCCC[C@H]1C(=O)N(C)CC(=O)N[C@@H](CC(=O)O)C(=O)N[C@@H](C(C)C)C(=O)N(C)[C@@H](Cc2ccccc2)C(=O)NC(Cc2ccc(O)cc2)C(=O)N(C)[C@@H](Cc2ccc(O)cc2)C(=O)N[C@@H](Cc2c[nH]c3ccccc23)C(=O)N[C@@H](Cc2ccc(O)cc2)C(=O)N[C@@H](CC(C)C)C(=O)N[C@H](C(=O)NCC(N)=O)CSCC(=O)N[C@@H](Cc2ccccc2)C(=O)N(C)[C@@H](Cc2ccccc2)C(=O)N1C. The van der Waals surface area contributed by atoms with E-state index in [2.05, 4.69) is 52.8 Å². The van der Waals surface area contributed by atoms with Crippen LogP contribution in [0.5, 0.6) is 17.2 Å². The maximum absolute atomic E-state index is 16.1. The topological polar surface area (TPSA) is 520 Å². The van der Waals surface area contributed by atoms with E-state index in [4.69, 9.17) is 5.73 Å². The minimum atomic E-state index is -1.93. The highest BCUT2D eigenvalue weighted by molar-refractivity contribution is 8.00. The summed E-state index contributed by atoms with van der Waals surface area (Å²) in [4.78, 5) is 248. The summed E-state index contributed by atoms with van der Waals surface area (Å²) in [5.74, 6) is -18.1. The maximum atomic E-state index is 16.1. The third-order valence-electron chi connectivity index (χ3n) is 23.8. The molecule has 36 nitrogen and oxygen atoms in total. The van der Waals surface area contributed by atoms with Gasteiger partial charge >= 0.3 is 5.97 Å². The molecule has 1 fully saturated rings. The molecule has 137 heavy (non-hydrogen) atoms. The van der Waals surface area contributed by atoms with Gasteiger partial charge in [-0.3, -0.25) is 76.7 Å². The molecule has 16 N–H and O–H groups in total. The summed E-state index contributed by atoms with van der Waals surface area (Å²) in [5.41, 5.74) is 9.35. The van der Waals surface area contributed by atoms with Gasteiger partial charge in [-0.1, -0.05) is 193 Å². The molecule has 7 aromatic carbocycles. The monoisotopic (exact) mass is 1900 g/mol. The van der Waals surface area contributed by atoms with Crippen LogP contribution in [0.2, 0.25) is 0 Å². The fourth-order valence-electron chi connectivity index (χ4n) is 16.1. The number of aliphatic carboxylic acids is 1. The lowest BCUT2D eigenvalue weighted by Crippen LogP contribution is -2.62. The molecule has 1 aliphatic heterocycles. The smallest absolute Gasteiger partial charge is 0.305 e. The van der Waals surface area contributed by atoms with E-state index in [1.807, 2.05) is 6.92 Å². The largest absolute Gasteiger partial charge is 0.508 e. The molecule has 0 bridgehead atoms. The number of hydrogen-bond donors (Lipinski definition) is 15. The predicted molar refractivity (Wildman–Crippen MR) is 513 cm³/mol. The van der Waals surface area contributed by atoms with Crippen LogP contribution >= 0.6 is 11.8 Å². The zero-order valence-corrected chi connectivity index (χ0v) is 79.2. The summed E-state index contributed by atoms with van der Waals surface area (Å²) >= 11 is 0.821.